The summed E-state index contributed by atoms with van der Waals surface area (Å²) in [4.78, 5) is 8.97. The van der Waals surface area contributed by atoms with Gasteiger partial charge in [-0.3, -0.25) is 4.90 Å². The Labute approximate surface area is 151 Å². The fourth-order valence-corrected chi connectivity index (χ4v) is 3.59. The summed E-state index contributed by atoms with van der Waals surface area (Å²) in [6, 6.07) is 12.7. The van der Waals surface area contributed by atoms with Gasteiger partial charge < -0.3 is 10.0 Å². The van der Waals surface area contributed by atoms with Gasteiger partial charge in [0.05, 0.1) is 5.60 Å². The molecule has 0 unspecified atom stereocenters. The molecule has 1 aromatic heterocycles. The molecule has 2 heterocycles. The van der Waals surface area contributed by atoms with Gasteiger partial charge in [-0.25, -0.2) is 4.98 Å². The van der Waals surface area contributed by atoms with E-state index in [1.54, 1.807) is 0 Å². The van der Waals surface area contributed by atoms with Gasteiger partial charge in [0, 0.05) is 51.9 Å². The third-order valence-corrected chi connectivity index (χ3v) is 5.13. The molecule has 0 amide bonds. The van der Waals surface area contributed by atoms with E-state index in [1.807, 2.05) is 26.4 Å². The fourth-order valence-electron chi connectivity index (χ4n) is 3.59. The van der Waals surface area contributed by atoms with Crippen LogP contribution in [0.3, 0.4) is 0 Å². The van der Waals surface area contributed by atoms with Crippen molar-refractivity contribution in [2.75, 3.05) is 32.1 Å². The summed E-state index contributed by atoms with van der Waals surface area (Å²) < 4.78 is 0. The minimum absolute atomic E-state index is 0.578. The number of benzene rings is 1. The summed E-state index contributed by atoms with van der Waals surface area (Å²) >= 11 is 0. The highest BCUT2D eigenvalue weighted by atomic mass is 16.3. The van der Waals surface area contributed by atoms with Gasteiger partial charge in [-0.15, -0.1) is 0 Å². The maximum absolute atomic E-state index is 11.0. The Morgan fingerprint density at radius 2 is 1.80 bits per heavy atom. The number of hydrogen-bond donors (Lipinski definition) is 1. The van der Waals surface area contributed by atoms with Crippen molar-refractivity contribution in [3.8, 4) is 0 Å². The lowest BCUT2D eigenvalue weighted by atomic mass is 9.85. The van der Waals surface area contributed by atoms with Crippen molar-refractivity contribution in [2.24, 2.45) is 0 Å². The van der Waals surface area contributed by atoms with Gasteiger partial charge in [-0.05, 0) is 31.4 Å². The molecule has 4 nitrogen and oxygen atoms in total. The van der Waals surface area contributed by atoms with E-state index < -0.39 is 5.60 Å². The highest BCUT2D eigenvalue weighted by molar-refractivity contribution is 5.45. The summed E-state index contributed by atoms with van der Waals surface area (Å²) in [7, 11) is 4.06. The molecule has 1 aromatic carbocycles. The molecule has 1 fully saturated rings. The number of likely N-dealkylation sites (tertiary alicyclic amines) is 1. The zero-order valence-electron chi connectivity index (χ0n) is 15.6. The van der Waals surface area contributed by atoms with Gasteiger partial charge in [-0.1, -0.05) is 35.9 Å². The number of nitrogens with zero attached hydrogens (tertiary/aromatic N) is 3. The second-order valence-electron chi connectivity index (χ2n) is 7.54. The van der Waals surface area contributed by atoms with Crippen molar-refractivity contribution in [1.29, 1.82) is 0 Å². The fraction of sp³-hybridized carbons (Fsp3) is 0.476. The minimum Gasteiger partial charge on any atom is -0.389 e. The lowest BCUT2D eigenvalue weighted by molar-refractivity contribution is -0.0224. The van der Waals surface area contributed by atoms with E-state index >= 15 is 0 Å². The monoisotopic (exact) mass is 339 g/mol. The average molecular weight is 339 g/mol. The molecule has 1 saturated heterocycles. The van der Waals surface area contributed by atoms with Crippen molar-refractivity contribution < 1.29 is 5.11 Å². The minimum atomic E-state index is -0.578. The van der Waals surface area contributed by atoms with Crippen LogP contribution >= 0.6 is 0 Å². The van der Waals surface area contributed by atoms with Gasteiger partial charge in [0.1, 0.15) is 5.82 Å². The molecule has 0 spiro atoms. The zero-order valence-corrected chi connectivity index (χ0v) is 15.6. The van der Waals surface area contributed by atoms with Gasteiger partial charge in [0.25, 0.3) is 0 Å². The van der Waals surface area contributed by atoms with Crippen LogP contribution in [0.1, 0.15) is 29.5 Å². The van der Waals surface area contributed by atoms with Crippen LogP contribution in [0.2, 0.25) is 0 Å². The van der Waals surface area contributed by atoms with Crippen LogP contribution in [0.5, 0.6) is 0 Å². The molecule has 25 heavy (non-hydrogen) atoms. The first kappa shape index (κ1) is 17.9. The molecular formula is C21H29N3O. The summed E-state index contributed by atoms with van der Waals surface area (Å²) in [5.41, 5.74) is 3.16. The van der Waals surface area contributed by atoms with Crippen LogP contribution in [-0.4, -0.2) is 47.8 Å². The molecule has 1 aliphatic rings. The number of aromatic nitrogens is 1. The molecule has 0 bridgehead atoms. The van der Waals surface area contributed by atoms with Crippen LogP contribution in [-0.2, 0) is 13.0 Å². The second-order valence-corrected chi connectivity index (χ2v) is 7.54. The molecule has 0 atom stereocenters. The standard InChI is InChI=1S/C21H29N3O/c1-17-6-8-18(9-7-17)15-21(25)10-13-24(14-11-21)16-19-5-4-12-22-20(19)23(2)3/h4-9,12,25H,10-11,13-16H2,1-3H3. The molecular weight excluding hydrogens is 310 g/mol. The second kappa shape index (κ2) is 7.54. The number of hydrogen-bond acceptors (Lipinski definition) is 4. The van der Waals surface area contributed by atoms with Crippen molar-refractivity contribution >= 4 is 5.82 Å². The Morgan fingerprint density at radius 1 is 1.12 bits per heavy atom. The van der Waals surface area contributed by atoms with E-state index in [0.29, 0.717) is 0 Å². The lowest BCUT2D eigenvalue weighted by Gasteiger charge is -2.38. The van der Waals surface area contributed by atoms with Gasteiger partial charge in [-0.2, -0.15) is 0 Å². The molecule has 0 aliphatic carbocycles. The van der Waals surface area contributed by atoms with E-state index in [-0.39, 0.29) is 0 Å². The number of pyridine rings is 1. The number of anilines is 1. The predicted molar refractivity (Wildman–Crippen MR) is 103 cm³/mol. The Hall–Kier alpha value is -1.91. The third-order valence-electron chi connectivity index (χ3n) is 5.13. The normalized spacial score (nSPS) is 17.4. The molecule has 2 aromatic rings. The molecule has 3 rings (SSSR count). The highest BCUT2D eigenvalue weighted by Gasteiger charge is 2.32. The van der Waals surface area contributed by atoms with Crippen molar-refractivity contribution in [1.82, 2.24) is 9.88 Å². The maximum atomic E-state index is 11.0. The lowest BCUT2D eigenvalue weighted by Crippen LogP contribution is -2.45. The molecule has 134 valence electrons. The smallest absolute Gasteiger partial charge is 0.132 e. The van der Waals surface area contributed by atoms with Crippen molar-refractivity contribution in [3.63, 3.8) is 0 Å². The van der Waals surface area contributed by atoms with E-state index in [9.17, 15) is 5.11 Å². The van der Waals surface area contributed by atoms with Gasteiger partial charge in [0.15, 0.2) is 0 Å². The van der Waals surface area contributed by atoms with Crippen LogP contribution in [0.4, 0.5) is 5.82 Å². The SMILES string of the molecule is Cc1ccc(CC2(O)CCN(Cc3cccnc3N(C)C)CC2)cc1. The van der Waals surface area contributed by atoms with E-state index in [0.717, 1.165) is 44.7 Å². The predicted octanol–water partition coefficient (Wildman–Crippen LogP) is 3.03. The largest absolute Gasteiger partial charge is 0.389 e. The maximum Gasteiger partial charge on any atom is 0.132 e. The first-order chi connectivity index (χ1) is 12.0. The first-order valence-electron chi connectivity index (χ1n) is 9.07. The number of aryl methyl sites for hydroxylation is 1. The quantitative estimate of drug-likeness (QED) is 0.909. The molecule has 0 radical (unpaired) electrons. The summed E-state index contributed by atoms with van der Waals surface area (Å²) in [5.74, 6) is 1.03. The molecule has 1 aliphatic heterocycles. The topological polar surface area (TPSA) is 39.6 Å². The van der Waals surface area contributed by atoms with Crippen LogP contribution in [0.25, 0.3) is 0 Å². The highest BCUT2D eigenvalue weighted by Crippen LogP contribution is 2.28. The van der Waals surface area contributed by atoms with Crippen LogP contribution in [0, 0.1) is 6.92 Å². The summed E-state index contributed by atoms with van der Waals surface area (Å²) in [5, 5.41) is 11.0. The van der Waals surface area contributed by atoms with E-state index in [1.165, 1.54) is 16.7 Å². The Morgan fingerprint density at radius 3 is 2.44 bits per heavy atom. The van der Waals surface area contributed by atoms with Crippen molar-refractivity contribution in [2.45, 2.75) is 38.3 Å². The summed E-state index contributed by atoms with van der Waals surface area (Å²) in [6.45, 7) is 4.83. The number of rotatable bonds is 5. The Bertz CT molecular complexity index is 689. The number of aliphatic hydroxyl groups is 1. The molecule has 4 heteroatoms. The van der Waals surface area contributed by atoms with Crippen LogP contribution < -0.4 is 4.90 Å². The van der Waals surface area contributed by atoms with Gasteiger partial charge in [0.2, 0.25) is 0 Å². The Balaban J connectivity index is 1.59. The average Bonchev–Trinajstić information content (AvgIpc) is 2.59. The summed E-state index contributed by atoms with van der Waals surface area (Å²) in [6.07, 6.45) is 4.23. The van der Waals surface area contributed by atoms with Gasteiger partial charge >= 0.3 is 0 Å². The third kappa shape index (κ3) is 4.59. The van der Waals surface area contributed by atoms with Crippen molar-refractivity contribution in [3.05, 3.63) is 59.3 Å². The van der Waals surface area contributed by atoms with Crippen LogP contribution in [0.15, 0.2) is 42.6 Å². The first-order valence-corrected chi connectivity index (χ1v) is 9.07. The Kier molecular flexibility index (Phi) is 5.40. The van der Waals surface area contributed by atoms with E-state index in [4.69, 9.17) is 0 Å². The van der Waals surface area contributed by atoms with E-state index in [2.05, 4.69) is 52.0 Å². The molecule has 1 N–H and O–H groups in total. The zero-order chi connectivity index (χ0) is 17.9. The molecule has 0 saturated carbocycles. The number of piperidine rings is 1.